The fourth-order valence-electron chi connectivity index (χ4n) is 4.16. The smallest absolute Gasteiger partial charge is 0.232 e. The van der Waals surface area contributed by atoms with Crippen LogP contribution < -0.4 is 14.4 Å². The summed E-state index contributed by atoms with van der Waals surface area (Å²) in [6.07, 6.45) is 6.60. The Morgan fingerprint density at radius 2 is 1.78 bits per heavy atom. The molecule has 0 saturated carbocycles. The van der Waals surface area contributed by atoms with Gasteiger partial charge in [0.1, 0.15) is 5.75 Å². The highest BCUT2D eigenvalue weighted by Gasteiger charge is 2.19. The molecule has 174 valence electrons. The molecule has 1 N–H and O–H groups in total. The molecule has 0 heterocycles. The third kappa shape index (κ3) is 6.48. The van der Waals surface area contributed by atoms with Crippen molar-refractivity contribution in [2.45, 2.75) is 58.4 Å². The minimum Gasteiger partial charge on any atom is -0.494 e. The average molecular weight is 459 g/mol. The van der Waals surface area contributed by atoms with Crippen LogP contribution in [0, 0.1) is 0 Å². The Balaban J connectivity index is 1.54. The standard InChI is InChI=1S/C25H34N2O4S/c1-4-31-24-15-13-23(14-16-24)27(32(3,29)30)17-7-10-25(28)26-19(2)21-12-11-20-8-5-6-9-22(20)18-21/h11-16,18-19H,4-10,17H2,1-3H3,(H,26,28). The topological polar surface area (TPSA) is 75.7 Å². The first-order valence-corrected chi connectivity index (χ1v) is 13.2. The molecular formula is C25H34N2O4S. The number of sulfonamides is 1. The molecule has 0 radical (unpaired) electrons. The molecule has 7 heteroatoms. The number of aryl methyl sites for hydroxylation is 2. The molecule has 2 aromatic carbocycles. The van der Waals surface area contributed by atoms with Crippen molar-refractivity contribution in [3.8, 4) is 5.75 Å². The lowest BCUT2D eigenvalue weighted by Crippen LogP contribution is -2.32. The summed E-state index contributed by atoms with van der Waals surface area (Å²) in [4.78, 5) is 12.5. The van der Waals surface area contributed by atoms with E-state index in [0.717, 1.165) is 18.4 Å². The van der Waals surface area contributed by atoms with Crippen LogP contribution in [0.25, 0.3) is 0 Å². The Labute approximate surface area is 192 Å². The normalized spacial score (nSPS) is 14.3. The summed E-state index contributed by atoms with van der Waals surface area (Å²) in [5.41, 5.74) is 4.51. The number of hydrogen-bond acceptors (Lipinski definition) is 4. The van der Waals surface area contributed by atoms with E-state index in [4.69, 9.17) is 4.74 Å². The van der Waals surface area contributed by atoms with Gasteiger partial charge in [0.25, 0.3) is 0 Å². The summed E-state index contributed by atoms with van der Waals surface area (Å²) in [6.45, 7) is 4.68. The number of amides is 1. The average Bonchev–Trinajstić information content (AvgIpc) is 2.76. The highest BCUT2D eigenvalue weighted by molar-refractivity contribution is 7.92. The Bertz CT molecular complexity index is 1020. The van der Waals surface area contributed by atoms with E-state index in [1.54, 1.807) is 24.3 Å². The van der Waals surface area contributed by atoms with Crippen LogP contribution in [0.5, 0.6) is 5.75 Å². The van der Waals surface area contributed by atoms with Crippen LogP contribution in [0.1, 0.15) is 62.3 Å². The highest BCUT2D eigenvalue weighted by Crippen LogP contribution is 2.25. The maximum atomic E-state index is 12.5. The molecule has 1 amide bonds. The number of nitrogens with zero attached hydrogens (tertiary/aromatic N) is 1. The largest absolute Gasteiger partial charge is 0.494 e. The highest BCUT2D eigenvalue weighted by atomic mass is 32.2. The first-order valence-electron chi connectivity index (χ1n) is 11.4. The van der Waals surface area contributed by atoms with Gasteiger partial charge in [-0.05, 0) is 86.9 Å². The van der Waals surface area contributed by atoms with Gasteiger partial charge in [0.15, 0.2) is 0 Å². The number of anilines is 1. The molecule has 0 fully saturated rings. The maximum absolute atomic E-state index is 12.5. The van der Waals surface area contributed by atoms with Crippen molar-refractivity contribution in [2.75, 3.05) is 23.7 Å². The van der Waals surface area contributed by atoms with Crippen molar-refractivity contribution < 1.29 is 17.9 Å². The van der Waals surface area contributed by atoms with E-state index < -0.39 is 10.0 Å². The second-order valence-electron chi connectivity index (χ2n) is 8.39. The molecule has 1 aliphatic carbocycles. The van der Waals surface area contributed by atoms with Crippen LogP contribution >= 0.6 is 0 Å². The van der Waals surface area contributed by atoms with Crippen molar-refractivity contribution in [1.82, 2.24) is 5.32 Å². The summed E-state index contributed by atoms with van der Waals surface area (Å²) in [5, 5.41) is 3.05. The Hall–Kier alpha value is -2.54. The van der Waals surface area contributed by atoms with Gasteiger partial charge in [-0.25, -0.2) is 8.42 Å². The summed E-state index contributed by atoms with van der Waals surface area (Å²) >= 11 is 0. The second kappa shape index (κ2) is 10.9. The van der Waals surface area contributed by atoms with E-state index in [-0.39, 0.29) is 24.9 Å². The first kappa shape index (κ1) is 24.1. The van der Waals surface area contributed by atoms with Gasteiger partial charge in [-0.2, -0.15) is 0 Å². The number of carbonyl (C=O) groups excluding carboxylic acids is 1. The number of hydrogen-bond donors (Lipinski definition) is 1. The van der Waals surface area contributed by atoms with Gasteiger partial charge in [-0.3, -0.25) is 9.10 Å². The van der Waals surface area contributed by atoms with Crippen molar-refractivity contribution >= 4 is 21.6 Å². The van der Waals surface area contributed by atoms with Crippen LogP contribution in [-0.2, 0) is 27.7 Å². The minimum absolute atomic E-state index is 0.0737. The number of rotatable bonds is 10. The van der Waals surface area contributed by atoms with Crippen molar-refractivity contribution in [3.63, 3.8) is 0 Å². The maximum Gasteiger partial charge on any atom is 0.232 e. The van der Waals surface area contributed by atoms with E-state index in [2.05, 4.69) is 23.5 Å². The SMILES string of the molecule is CCOc1ccc(N(CCCC(=O)NC(C)c2ccc3c(c2)CCCC3)S(C)(=O)=O)cc1. The Kier molecular flexibility index (Phi) is 8.18. The second-order valence-corrected chi connectivity index (χ2v) is 10.3. The van der Waals surface area contributed by atoms with E-state index in [0.29, 0.717) is 24.5 Å². The molecule has 2 aromatic rings. The fourth-order valence-corrected chi connectivity index (χ4v) is 5.13. The number of benzene rings is 2. The third-order valence-electron chi connectivity index (χ3n) is 5.85. The zero-order valence-electron chi connectivity index (χ0n) is 19.3. The molecule has 0 aromatic heterocycles. The summed E-state index contributed by atoms with van der Waals surface area (Å²) < 4.78 is 31.3. The van der Waals surface area contributed by atoms with E-state index >= 15 is 0 Å². The predicted octanol–water partition coefficient (Wildman–Crippen LogP) is 4.39. The van der Waals surface area contributed by atoms with Gasteiger partial charge < -0.3 is 10.1 Å². The molecule has 1 unspecified atom stereocenters. The molecule has 0 bridgehead atoms. The molecule has 1 aliphatic rings. The van der Waals surface area contributed by atoms with Gasteiger partial charge in [-0.15, -0.1) is 0 Å². The van der Waals surface area contributed by atoms with Crippen molar-refractivity contribution in [2.24, 2.45) is 0 Å². The number of carbonyl (C=O) groups is 1. The molecule has 0 aliphatic heterocycles. The van der Waals surface area contributed by atoms with Crippen molar-refractivity contribution in [1.29, 1.82) is 0 Å². The monoisotopic (exact) mass is 458 g/mol. The lowest BCUT2D eigenvalue weighted by Gasteiger charge is -2.23. The van der Waals surface area contributed by atoms with Gasteiger partial charge >= 0.3 is 0 Å². The van der Waals surface area contributed by atoms with E-state index in [9.17, 15) is 13.2 Å². The van der Waals surface area contributed by atoms with Gasteiger partial charge in [0, 0.05) is 13.0 Å². The van der Waals surface area contributed by atoms with Crippen LogP contribution in [0.3, 0.4) is 0 Å². The zero-order chi connectivity index (χ0) is 23.1. The number of nitrogens with one attached hydrogen (secondary N) is 1. The van der Waals surface area contributed by atoms with Crippen LogP contribution in [0.15, 0.2) is 42.5 Å². The molecule has 3 rings (SSSR count). The summed E-state index contributed by atoms with van der Waals surface area (Å²) in [7, 11) is -3.46. The van der Waals surface area contributed by atoms with E-state index in [1.807, 2.05) is 13.8 Å². The van der Waals surface area contributed by atoms with Gasteiger partial charge in [-0.1, -0.05) is 18.2 Å². The number of fused-ring (bicyclic) bond motifs is 1. The van der Waals surface area contributed by atoms with Gasteiger partial charge in [0.2, 0.25) is 15.9 Å². The lowest BCUT2D eigenvalue weighted by atomic mass is 9.89. The third-order valence-corrected chi connectivity index (χ3v) is 7.05. The Morgan fingerprint density at radius 1 is 1.09 bits per heavy atom. The predicted molar refractivity (Wildman–Crippen MR) is 129 cm³/mol. The Morgan fingerprint density at radius 3 is 2.44 bits per heavy atom. The van der Waals surface area contributed by atoms with E-state index in [1.165, 1.54) is 34.5 Å². The first-order chi connectivity index (χ1) is 15.3. The van der Waals surface area contributed by atoms with Crippen LogP contribution in [-0.4, -0.2) is 33.7 Å². The minimum atomic E-state index is -3.46. The van der Waals surface area contributed by atoms with Crippen LogP contribution in [0.2, 0.25) is 0 Å². The molecular weight excluding hydrogens is 424 g/mol. The zero-order valence-corrected chi connectivity index (χ0v) is 20.1. The van der Waals surface area contributed by atoms with Gasteiger partial charge in [0.05, 0.1) is 24.6 Å². The summed E-state index contributed by atoms with van der Waals surface area (Å²) in [5.74, 6) is 0.621. The summed E-state index contributed by atoms with van der Waals surface area (Å²) in [6, 6.07) is 13.4. The molecule has 1 atom stereocenters. The van der Waals surface area contributed by atoms with Crippen LogP contribution in [0.4, 0.5) is 5.69 Å². The molecule has 0 saturated heterocycles. The molecule has 6 nitrogen and oxygen atoms in total. The number of ether oxygens (including phenoxy) is 1. The lowest BCUT2D eigenvalue weighted by molar-refractivity contribution is -0.121. The molecule has 32 heavy (non-hydrogen) atoms. The van der Waals surface area contributed by atoms with Crippen molar-refractivity contribution in [3.05, 3.63) is 59.2 Å². The fraction of sp³-hybridized carbons (Fsp3) is 0.480. The quantitative estimate of drug-likeness (QED) is 0.573. The molecule has 0 spiro atoms.